The van der Waals surface area contributed by atoms with Crippen molar-refractivity contribution in [3.05, 3.63) is 170 Å². The molecule has 47 heavy (non-hydrogen) atoms. The Labute approximate surface area is 271 Å². The second kappa shape index (κ2) is 10.1. The number of nitrogens with zero attached hydrogens (tertiary/aromatic N) is 2. The van der Waals surface area contributed by atoms with Crippen molar-refractivity contribution in [2.75, 3.05) is 0 Å². The summed E-state index contributed by atoms with van der Waals surface area (Å²) in [5, 5.41) is 11.2. The third kappa shape index (κ3) is 3.89. The van der Waals surface area contributed by atoms with Crippen LogP contribution in [0.3, 0.4) is 0 Å². The molecule has 2 aromatic heterocycles. The van der Waals surface area contributed by atoms with Gasteiger partial charge in [-0.05, 0) is 69.1 Å². The van der Waals surface area contributed by atoms with Crippen LogP contribution in [0.25, 0.3) is 93.1 Å². The molecule has 2 heteroatoms. The van der Waals surface area contributed by atoms with Crippen molar-refractivity contribution in [2.24, 2.45) is 0 Å². The van der Waals surface area contributed by atoms with Crippen molar-refractivity contribution in [3.63, 3.8) is 0 Å². The zero-order valence-corrected chi connectivity index (χ0v) is 25.6. The quantitative estimate of drug-likeness (QED) is 0.186. The molecular formula is C45H28N2. The van der Waals surface area contributed by atoms with Crippen LogP contribution in [-0.2, 0) is 0 Å². The Kier molecular flexibility index (Phi) is 5.61. The Morgan fingerprint density at radius 1 is 0.340 bits per heavy atom. The zero-order valence-electron chi connectivity index (χ0n) is 25.6. The molecule has 2 heterocycles. The molecule has 0 aliphatic heterocycles. The van der Waals surface area contributed by atoms with Crippen LogP contribution in [0, 0.1) is 0 Å². The van der Waals surface area contributed by atoms with Gasteiger partial charge in [-0.2, -0.15) is 0 Å². The molecule has 0 N–H and O–H groups in total. The standard InChI is InChI=1S/C45H28N2/c1-2-12-32(13-3-1)47-41-21-11-9-16-35(41)39-28-31(26-27-42(39)47)29-22-24-30(25-23-29)45-44-37-18-7-5-15-34(37)33-14-4-6-17-36(33)43(44)38-19-8-10-20-40(38)46-45/h1-28H. The Morgan fingerprint density at radius 3 is 1.62 bits per heavy atom. The highest BCUT2D eigenvalue weighted by molar-refractivity contribution is 6.33. The molecule has 10 rings (SSSR count). The number of rotatable bonds is 3. The maximum atomic E-state index is 5.34. The van der Waals surface area contributed by atoms with E-state index in [0.29, 0.717) is 0 Å². The molecule has 0 radical (unpaired) electrons. The maximum Gasteiger partial charge on any atom is 0.0794 e. The third-order valence-electron chi connectivity index (χ3n) is 9.75. The smallest absolute Gasteiger partial charge is 0.0794 e. The minimum absolute atomic E-state index is 1.01. The predicted octanol–water partition coefficient (Wildman–Crippen LogP) is 12.1. The van der Waals surface area contributed by atoms with Gasteiger partial charge in [0.15, 0.2) is 0 Å². The van der Waals surface area contributed by atoms with Crippen LogP contribution in [0.2, 0.25) is 0 Å². The molecule has 0 atom stereocenters. The van der Waals surface area contributed by atoms with E-state index in [4.69, 9.17) is 4.98 Å². The minimum atomic E-state index is 1.01. The molecule has 10 aromatic rings. The largest absolute Gasteiger partial charge is 0.309 e. The maximum absolute atomic E-state index is 5.34. The van der Waals surface area contributed by atoms with E-state index in [1.54, 1.807) is 0 Å². The van der Waals surface area contributed by atoms with E-state index >= 15 is 0 Å². The summed E-state index contributed by atoms with van der Waals surface area (Å²) in [6.45, 7) is 0. The highest BCUT2D eigenvalue weighted by Crippen LogP contribution is 2.43. The molecule has 0 amide bonds. The molecule has 2 nitrogen and oxygen atoms in total. The van der Waals surface area contributed by atoms with Gasteiger partial charge in [0.2, 0.25) is 0 Å². The zero-order chi connectivity index (χ0) is 30.9. The fourth-order valence-corrected chi connectivity index (χ4v) is 7.66. The molecule has 0 saturated heterocycles. The van der Waals surface area contributed by atoms with Gasteiger partial charge in [-0.3, -0.25) is 0 Å². The van der Waals surface area contributed by atoms with Gasteiger partial charge < -0.3 is 4.57 Å². The van der Waals surface area contributed by atoms with Gasteiger partial charge in [0.1, 0.15) is 0 Å². The predicted molar refractivity (Wildman–Crippen MR) is 199 cm³/mol. The highest BCUT2D eigenvalue weighted by Gasteiger charge is 2.18. The summed E-state index contributed by atoms with van der Waals surface area (Å²) in [4.78, 5) is 5.34. The molecular weight excluding hydrogens is 569 g/mol. The first-order valence-electron chi connectivity index (χ1n) is 16.1. The van der Waals surface area contributed by atoms with Crippen LogP contribution >= 0.6 is 0 Å². The lowest BCUT2D eigenvalue weighted by Crippen LogP contribution is -1.93. The summed E-state index contributed by atoms with van der Waals surface area (Å²) in [6, 6.07) is 61.3. The van der Waals surface area contributed by atoms with E-state index in [1.807, 2.05) is 0 Å². The number of hydrogen-bond acceptors (Lipinski definition) is 1. The Morgan fingerprint density at radius 2 is 0.872 bits per heavy atom. The summed E-state index contributed by atoms with van der Waals surface area (Å²) in [6.07, 6.45) is 0. The van der Waals surface area contributed by atoms with Gasteiger partial charge in [0, 0.05) is 38.2 Å². The van der Waals surface area contributed by atoms with Crippen LogP contribution in [0.4, 0.5) is 0 Å². The molecule has 0 spiro atoms. The molecule has 0 aliphatic carbocycles. The van der Waals surface area contributed by atoms with Gasteiger partial charge >= 0.3 is 0 Å². The fraction of sp³-hybridized carbons (Fsp3) is 0. The van der Waals surface area contributed by atoms with E-state index in [1.165, 1.54) is 76.3 Å². The van der Waals surface area contributed by atoms with Gasteiger partial charge in [-0.15, -0.1) is 0 Å². The van der Waals surface area contributed by atoms with Crippen molar-refractivity contribution in [1.29, 1.82) is 0 Å². The number of para-hydroxylation sites is 3. The van der Waals surface area contributed by atoms with Crippen LogP contribution in [0.15, 0.2) is 170 Å². The van der Waals surface area contributed by atoms with E-state index in [0.717, 1.165) is 16.8 Å². The monoisotopic (exact) mass is 596 g/mol. The molecule has 0 unspecified atom stereocenters. The first-order valence-corrected chi connectivity index (χ1v) is 16.1. The number of pyridine rings is 1. The summed E-state index contributed by atoms with van der Waals surface area (Å²) < 4.78 is 2.36. The summed E-state index contributed by atoms with van der Waals surface area (Å²) >= 11 is 0. The summed E-state index contributed by atoms with van der Waals surface area (Å²) in [5.41, 5.74) is 9.14. The summed E-state index contributed by atoms with van der Waals surface area (Å²) in [5.74, 6) is 0. The lowest BCUT2D eigenvalue weighted by molar-refractivity contribution is 1.18. The Bertz CT molecular complexity index is 2830. The van der Waals surface area contributed by atoms with E-state index in [9.17, 15) is 0 Å². The van der Waals surface area contributed by atoms with Gasteiger partial charge in [-0.25, -0.2) is 4.98 Å². The average Bonchev–Trinajstić information content (AvgIpc) is 3.48. The number of fused-ring (bicyclic) bond motifs is 11. The SMILES string of the molecule is c1ccc(-n2c3ccccc3c3cc(-c4ccc(-c5nc6ccccc6c6c7ccccc7c7ccccc7c56)cc4)ccc32)cc1. The third-order valence-corrected chi connectivity index (χ3v) is 9.75. The van der Waals surface area contributed by atoms with Crippen LogP contribution in [-0.4, -0.2) is 9.55 Å². The average molecular weight is 597 g/mol. The number of aromatic nitrogens is 2. The van der Waals surface area contributed by atoms with E-state index in [2.05, 4.69) is 174 Å². The molecule has 0 fully saturated rings. The molecule has 0 saturated carbocycles. The lowest BCUT2D eigenvalue weighted by Gasteiger charge is -2.16. The van der Waals surface area contributed by atoms with Gasteiger partial charge in [-0.1, -0.05) is 133 Å². The highest BCUT2D eigenvalue weighted by atomic mass is 15.0. The number of benzene rings is 8. The Balaban J connectivity index is 1.18. The van der Waals surface area contributed by atoms with Crippen molar-refractivity contribution in [3.8, 4) is 28.1 Å². The van der Waals surface area contributed by atoms with Crippen LogP contribution < -0.4 is 0 Å². The van der Waals surface area contributed by atoms with Crippen LogP contribution in [0.5, 0.6) is 0 Å². The topological polar surface area (TPSA) is 17.8 Å². The molecule has 218 valence electrons. The summed E-state index contributed by atoms with van der Waals surface area (Å²) in [7, 11) is 0. The van der Waals surface area contributed by atoms with E-state index in [-0.39, 0.29) is 0 Å². The van der Waals surface area contributed by atoms with Crippen molar-refractivity contribution in [2.45, 2.75) is 0 Å². The molecule has 0 aliphatic rings. The normalized spacial score (nSPS) is 11.8. The molecule has 0 bridgehead atoms. The first-order chi connectivity index (χ1) is 23.3. The fourth-order valence-electron chi connectivity index (χ4n) is 7.66. The van der Waals surface area contributed by atoms with E-state index < -0.39 is 0 Å². The Hall–Kier alpha value is -6.25. The molecule has 8 aromatic carbocycles. The second-order valence-electron chi connectivity index (χ2n) is 12.3. The minimum Gasteiger partial charge on any atom is -0.309 e. The van der Waals surface area contributed by atoms with Crippen molar-refractivity contribution >= 4 is 65.0 Å². The second-order valence-corrected chi connectivity index (χ2v) is 12.3. The van der Waals surface area contributed by atoms with Crippen molar-refractivity contribution in [1.82, 2.24) is 9.55 Å². The van der Waals surface area contributed by atoms with Crippen LogP contribution in [0.1, 0.15) is 0 Å². The van der Waals surface area contributed by atoms with Gasteiger partial charge in [0.25, 0.3) is 0 Å². The number of hydrogen-bond donors (Lipinski definition) is 0. The van der Waals surface area contributed by atoms with Crippen molar-refractivity contribution < 1.29 is 0 Å². The van der Waals surface area contributed by atoms with Gasteiger partial charge in [0.05, 0.1) is 22.2 Å². The first kappa shape index (κ1) is 26.0. The lowest BCUT2D eigenvalue weighted by atomic mass is 9.89.